The first-order valence-electron chi connectivity index (χ1n) is 16.7. The van der Waals surface area contributed by atoms with Crippen LogP contribution in [0.5, 0.6) is 0 Å². The number of thiophene rings is 1. The summed E-state index contributed by atoms with van der Waals surface area (Å²) in [5.41, 5.74) is 10.9. The molecule has 0 unspecified atom stereocenters. The summed E-state index contributed by atoms with van der Waals surface area (Å²) in [7, 11) is 0. The summed E-state index contributed by atoms with van der Waals surface area (Å²) in [6.45, 7) is 0. The van der Waals surface area contributed by atoms with Crippen molar-refractivity contribution in [3.63, 3.8) is 0 Å². The highest BCUT2D eigenvalue weighted by Crippen LogP contribution is 2.43. The van der Waals surface area contributed by atoms with Crippen LogP contribution in [0, 0.1) is 0 Å². The van der Waals surface area contributed by atoms with Crippen molar-refractivity contribution in [2.45, 2.75) is 0 Å². The van der Waals surface area contributed by atoms with Gasteiger partial charge in [0.25, 0.3) is 0 Å². The summed E-state index contributed by atoms with van der Waals surface area (Å²) >= 11 is 1.85. The molecule has 0 fully saturated rings. The number of rotatable bonds is 5. The third kappa shape index (κ3) is 4.80. The van der Waals surface area contributed by atoms with E-state index in [1.54, 1.807) is 0 Å². The zero-order valence-corrected chi connectivity index (χ0v) is 27.7. The van der Waals surface area contributed by atoms with E-state index in [4.69, 9.17) is 14.4 Å². The molecule has 4 heteroatoms. The fourth-order valence-corrected chi connectivity index (χ4v) is 8.34. The van der Waals surface area contributed by atoms with Gasteiger partial charge in [-0.2, -0.15) is 0 Å². The summed E-state index contributed by atoms with van der Waals surface area (Å²) < 4.78 is 9.07. The van der Waals surface area contributed by atoms with Crippen LogP contribution in [0.15, 0.2) is 174 Å². The van der Waals surface area contributed by atoms with Crippen LogP contribution in [0.4, 0.5) is 0 Å². The monoisotopic (exact) mass is 656 g/mol. The van der Waals surface area contributed by atoms with E-state index >= 15 is 0 Å². The lowest BCUT2D eigenvalue weighted by molar-refractivity contribution is 0.670. The van der Waals surface area contributed by atoms with Crippen LogP contribution in [0.1, 0.15) is 0 Å². The fraction of sp³-hybridized carbons (Fsp3) is 0. The standard InChI is InChI=1S/C46H28N2OS/c1-3-13-29(14-4-1)31-25-32(34-19-11-21-38-36-18-8-10-24-43(36)50-45(34)38)27-33(26-31)40-28-41(48-46(47-40)30-15-5-2-6-16-30)39-22-12-20-37-35-17-7-9-23-42(35)49-44(37)39/h1-28H. The van der Waals surface area contributed by atoms with E-state index < -0.39 is 0 Å². The normalized spacial score (nSPS) is 11.6. The van der Waals surface area contributed by atoms with Gasteiger partial charge in [0, 0.05) is 47.6 Å². The Morgan fingerprint density at radius 2 is 1.02 bits per heavy atom. The number of hydrogen-bond donors (Lipinski definition) is 0. The minimum atomic E-state index is 0.671. The van der Waals surface area contributed by atoms with Gasteiger partial charge in [-0.1, -0.05) is 127 Å². The maximum absolute atomic E-state index is 6.49. The molecule has 3 heterocycles. The SMILES string of the molecule is c1ccc(-c2cc(-c3cc(-c4cccc5c4oc4ccccc45)nc(-c4ccccc4)n3)cc(-c3cccc4c3sc3ccccc34)c2)cc1. The molecule has 7 aromatic carbocycles. The molecule has 10 aromatic rings. The first-order valence-corrected chi connectivity index (χ1v) is 17.6. The molecule has 0 aliphatic heterocycles. The van der Waals surface area contributed by atoms with Crippen molar-refractivity contribution < 1.29 is 4.42 Å². The molecule has 0 aliphatic rings. The van der Waals surface area contributed by atoms with Gasteiger partial charge in [-0.25, -0.2) is 9.97 Å². The lowest BCUT2D eigenvalue weighted by Crippen LogP contribution is -1.97. The molecule has 234 valence electrons. The largest absolute Gasteiger partial charge is 0.455 e. The van der Waals surface area contributed by atoms with E-state index in [1.165, 1.54) is 25.7 Å². The number of hydrogen-bond acceptors (Lipinski definition) is 4. The van der Waals surface area contributed by atoms with Gasteiger partial charge in [0.15, 0.2) is 5.82 Å². The molecular weight excluding hydrogens is 629 g/mol. The highest BCUT2D eigenvalue weighted by atomic mass is 32.1. The predicted octanol–water partition coefficient (Wildman–Crippen LogP) is 13.1. The number of furan rings is 1. The number of fused-ring (bicyclic) bond motifs is 6. The van der Waals surface area contributed by atoms with Gasteiger partial charge in [0.2, 0.25) is 0 Å². The second-order valence-corrected chi connectivity index (χ2v) is 13.6. The molecule has 0 aliphatic carbocycles. The van der Waals surface area contributed by atoms with Gasteiger partial charge in [-0.3, -0.25) is 0 Å². The second kappa shape index (κ2) is 11.7. The van der Waals surface area contributed by atoms with Crippen molar-refractivity contribution in [1.29, 1.82) is 0 Å². The van der Waals surface area contributed by atoms with Crippen LogP contribution in [0.25, 0.3) is 98.3 Å². The molecule has 0 amide bonds. The summed E-state index contributed by atoms with van der Waals surface area (Å²) in [4.78, 5) is 10.4. The maximum atomic E-state index is 6.49. The van der Waals surface area contributed by atoms with E-state index in [-0.39, 0.29) is 0 Å². The Morgan fingerprint density at radius 3 is 1.86 bits per heavy atom. The van der Waals surface area contributed by atoms with Crippen LogP contribution in [-0.4, -0.2) is 9.97 Å². The van der Waals surface area contributed by atoms with Crippen LogP contribution >= 0.6 is 11.3 Å². The van der Waals surface area contributed by atoms with Crippen molar-refractivity contribution in [1.82, 2.24) is 9.97 Å². The number of aromatic nitrogens is 2. The van der Waals surface area contributed by atoms with Crippen molar-refractivity contribution in [2.75, 3.05) is 0 Å². The minimum absolute atomic E-state index is 0.671. The first kappa shape index (κ1) is 28.6. The highest BCUT2D eigenvalue weighted by molar-refractivity contribution is 7.26. The molecule has 0 saturated carbocycles. The van der Waals surface area contributed by atoms with Gasteiger partial charge in [0.1, 0.15) is 11.2 Å². The molecule has 3 nitrogen and oxygen atoms in total. The highest BCUT2D eigenvalue weighted by Gasteiger charge is 2.18. The van der Waals surface area contributed by atoms with Crippen molar-refractivity contribution in [3.8, 4) is 56.2 Å². The van der Waals surface area contributed by atoms with Gasteiger partial charge in [-0.05, 0) is 64.7 Å². The molecule has 10 rings (SSSR count). The molecular formula is C46H28N2OS. The minimum Gasteiger partial charge on any atom is -0.455 e. The Balaban J connectivity index is 1.23. The smallest absolute Gasteiger partial charge is 0.160 e. The van der Waals surface area contributed by atoms with Gasteiger partial charge < -0.3 is 4.42 Å². The molecule has 0 N–H and O–H groups in total. The number of benzene rings is 7. The molecule has 0 radical (unpaired) electrons. The Kier molecular flexibility index (Phi) is 6.68. The first-order chi connectivity index (χ1) is 24.8. The predicted molar refractivity (Wildman–Crippen MR) is 209 cm³/mol. The summed E-state index contributed by atoms with van der Waals surface area (Å²) in [6.07, 6.45) is 0. The van der Waals surface area contributed by atoms with Crippen LogP contribution in [0.3, 0.4) is 0 Å². The summed E-state index contributed by atoms with van der Waals surface area (Å²) in [5.74, 6) is 0.671. The Bertz CT molecular complexity index is 2670. The Labute approximate surface area is 292 Å². The van der Waals surface area contributed by atoms with Gasteiger partial charge in [0.05, 0.1) is 11.4 Å². The number of para-hydroxylation sites is 2. The van der Waals surface area contributed by atoms with Crippen molar-refractivity contribution in [2.24, 2.45) is 0 Å². The van der Waals surface area contributed by atoms with Gasteiger partial charge >= 0.3 is 0 Å². The molecule has 0 spiro atoms. The topological polar surface area (TPSA) is 38.9 Å². The van der Waals surface area contributed by atoms with Crippen molar-refractivity contribution >= 4 is 53.4 Å². The zero-order valence-electron chi connectivity index (χ0n) is 26.9. The van der Waals surface area contributed by atoms with Crippen molar-refractivity contribution in [3.05, 3.63) is 170 Å². The van der Waals surface area contributed by atoms with Crippen LogP contribution in [0.2, 0.25) is 0 Å². The molecule has 0 atom stereocenters. The van der Waals surface area contributed by atoms with E-state index in [1.807, 2.05) is 41.7 Å². The third-order valence-electron chi connectivity index (χ3n) is 9.49. The molecule has 50 heavy (non-hydrogen) atoms. The van der Waals surface area contributed by atoms with E-state index in [9.17, 15) is 0 Å². The van der Waals surface area contributed by atoms with Crippen LogP contribution < -0.4 is 0 Å². The summed E-state index contributed by atoms with van der Waals surface area (Å²) in [5, 5.41) is 4.74. The van der Waals surface area contributed by atoms with E-state index in [0.29, 0.717) is 5.82 Å². The quantitative estimate of drug-likeness (QED) is 0.185. The molecule has 3 aromatic heterocycles. The number of nitrogens with zero attached hydrogens (tertiary/aromatic N) is 2. The molecule has 0 saturated heterocycles. The van der Waals surface area contributed by atoms with E-state index in [0.717, 1.165) is 66.7 Å². The second-order valence-electron chi connectivity index (χ2n) is 12.6. The lowest BCUT2D eigenvalue weighted by atomic mass is 9.94. The average Bonchev–Trinajstić information content (AvgIpc) is 3.77. The third-order valence-corrected chi connectivity index (χ3v) is 10.7. The summed E-state index contributed by atoms with van der Waals surface area (Å²) in [6, 6.07) is 59.6. The lowest BCUT2D eigenvalue weighted by Gasteiger charge is -2.14. The Hall–Kier alpha value is -6.36. The average molecular weight is 657 g/mol. The Morgan fingerprint density at radius 1 is 0.400 bits per heavy atom. The maximum Gasteiger partial charge on any atom is 0.160 e. The zero-order chi connectivity index (χ0) is 33.0. The van der Waals surface area contributed by atoms with Crippen LogP contribution in [-0.2, 0) is 0 Å². The van der Waals surface area contributed by atoms with E-state index in [2.05, 4.69) is 140 Å². The fourth-order valence-electron chi connectivity index (χ4n) is 7.10. The van der Waals surface area contributed by atoms with Gasteiger partial charge in [-0.15, -0.1) is 11.3 Å². The molecule has 0 bridgehead atoms.